The van der Waals surface area contributed by atoms with E-state index in [2.05, 4.69) is 41.3 Å². The number of carbonyl (C=O) groups is 1. The van der Waals surface area contributed by atoms with Gasteiger partial charge < -0.3 is 10.3 Å². The number of likely N-dealkylation sites (N-methyl/N-ethyl adjacent to an activating group) is 1. The topological polar surface area (TPSA) is 78.1 Å². The monoisotopic (exact) mass is 392 g/mol. The SMILES string of the molecule is CCc1cccc(CC)c1NC(=O)CN(CC)Cc1nc2ccccc2c(=O)[nH]1. The summed E-state index contributed by atoms with van der Waals surface area (Å²) in [6, 6.07) is 13.4. The summed E-state index contributed by atoms with van der Waals surface area (Å²) in [4.78, 5) is 34.4. The highest BCUT2D eigenvalue weighted by Gasteiger charge is 2.15. The van der Waals surface area contributed by atoms with Gasteiger partial charge in [0.25, 0.3) is 5.56 Å². The highest BCUT2D eigenvalue weighted by atomic mass is 16.2. The van der Waals surface area contributed by atoms with Crippen molar-refractivity contribution in [3.05, 3.63) is 69.8 Å². The molecule has 3 aromatic rings. The van der Waals surface area contributed by atoms with Crippen molar-refractivity contribution in [1.82, 2.24) is 14.9 Å². The molecule has 29 heavy (non-hydrogen) atoms. The van der Waals surface area contributed by atoms with Crippen LogP contribution in [0.1, 0.15) is 37.7 Å². The highest BCUT2D eigenvalue weighted by molar-refractivity contribution is 5.93. The molecule has 1 amide bonds. The molecule has 3 rings (SSSR count). The largest absolute Gasteiger partial charge is 0.324 e. The molecule has 6 heteroatoms. The molecule has 0 aliphatic carbocycles. The van der Waals surface area contributed by atoms with Crippen molar-refractivity contribution in [1.29, 1.82) is 0 Å². The second-order valence-electron chi connectivity index (χ2n) is 7.04. The lowest BCUT2D eigenvalue weighted by atomic mass is 10.0. The maximum Gasteiger partial charge on any atom is 0.258 e. The van der Waals surface area contributed by atoms with Gasteiger partial charge in [-0.2, -0.15) is 0 Å². The van der Waals surface area contributed by atoms with Gasteiger partial charge in [-0.05, 0) is 42.6 Å². The molecule has 0 aliphatic rings. The third-order valence-electron chi connectivity index (χ3n) is 5.11. The Balaban J connectivity index is 1.74. The van der Waals surface area contributed by atoms with E-state index < -0.39 is 0 Å². The Labute approximate surface area is 171 Å². The summed E-state index contributed by atoms with van der Waals surface area (Å²) in [6.45, 7) is 7.47. The van der Waals surface area contributed by atoms with E-state index in [9.17, 15) is 9.59 Å². The minimum Gasteiger partial charge on any atom is -0.324 e. The summed E-state index contributed by atoms with van der Waals surface area (Å²) in [6.07, 6.45) is 1.73. The molecule has 0 aliphatic heterocycles. The third-order valence-corrected chi connectivity index (χ3v) is 5.11. The fourth-order valence-electron chi connectivity index (χ4n) is 3.49. The number of nitrogens with zero attached hydrogens (tertiary/aromatic N) is 2. The van der Waals surface area contributed by atoms with Crippen molar-refractivity contribution in [3.63, 3.8) is 0 Å². The van der Waals surface area contributed by atoms with Crippen LogP contribution in [0.5, 0.6) is 0 Å². The van der Waals surface area contributed by atoms with E-state index in [1.165, 1.54) is 0 Å². The van der Waals surface area contributed by atoms with E-state index in [0.29, 0.717) is 29.8 Å². The second-order valence-corrected chi connectivity index (χ2v) is 7.04. The molecule has 1 heterocycles. The van der Waals surface area contributed by atoms with Gasteiger partial charge in [-0.15, -0.1) is 0 Å². The van der Waals surface area contributed by atoms with Crippen LogP contribution in [0, 0.1) is 0 Å². The molecular weight excluding hydrogens is 364 g/mol. The number of fused-ring (bicyclic) bond motifs is 1. The molecule has 6 nitrogen and oxygen atoms in total. The molecule has 0 radical (unpaired) electrons. The molecule has 2 aromatic carbocycles. The van der Waals surface area contributed by atoms with Crippen LogP contribution >= 0.6 is 0 Å². The van der Waals surface area contributed by atoms with Crippen molar-refractivity contribution >= 4 is 22.5 Å². The summed E-state index contributed by atoms with van der Waals surface area (Å²) in [5.74, 6) is 0.497. The Morgan fingerprint density at radius 3 is 2.38 bits per heavy atom. The highest BCUT2D eigenvalue weighted by Crippen LogP contribution is 2.22. The number of rotatable bonds is 8. The van der Waals surface area contributed by atoms with Crippen LogP contribution in [0.2, 0.25) is 0 Å². The fraction of sp³-hybridized carbons (Fsp3) is 0.348. The fourth-order valence-corrected chi connectivity index (χ4v) is 3.49. The minimum atomic E-state index is -0.157. The van der Waals surface area contributed by atoms with Crippen LogP contribution in [-0.2, 0) is 24.2 Å². The number of hydrogen-bond acceptors (Lipinski definition) is 4. The number of carbonyl (C=O) groups excluding carboxylic acids is 1. The van der Waals surface area contributed by atoms with Crippen LogP contribution in [0.4, 0.5) is 5.69 Å². The Morgan fingerprint density at radius 2 is 1.72 bits per heavy atom. The first-order valence-corrected chi connectivity index (χ1v) is 10.2. The predicted octanol–water partition coefficient (Wildman–Crippen LogP) is 3.51. The predicted molar refractivity (Wildman–Crippen MR) is 117 cm³/mol. The summed E-state index contributed by atoms with van der Waals surface area (Å²) >= 11 is 0. The Hall–Kier alpha value is -2.99. The van der Waals surface area contributed by atoms with Crippen molar-refractivity contribution < 1.29 is 4.79 Å². The molecule has 0 bridgehead atoms. The van der Waals surface area contributed by atoms with Gasteiger partial charge in [-0.1, -0.05) is 51.1 Å². The number of aromatic nitrogens is 2. The van der Waals surface area contributed by atoms with E-state index in [-0.39, 0.29) is 18.0 Å². The average Bonchev–Trinajstić information content (AvgIpc) is 2.73. The number of hydrogen-bond donors (Lipinski definition) is 2. The molecular formula is C23H28N4O2. The van der Waals surface area contributed by atoms with Crippen LogP contribution in [0.15, 0.2) is 47.3 Å². The Bertz CT molecular complexity index is 1040. The maximum atomic E-state index is 12.7. The summed E-state index contributed by atoms with van der Waals surface area (Å²) in [5.41, 5.74) is 3.71. The van der Waals surface area contributed by atoms with E-state index in [0.717, 1.165) is 29.7 Å². The van der Waals surface area contributed by atoms with E-state index in [1.807, 2.05) is 36.1 Å². The zero-order chi connectivity index (χ0) is 20.8. The van der Waals surface area contributed by atoms with Gasteiger partial charge in [0.2, 0.25) is 5.91 Å². The first-order chi connectivity index (χ1) is 14.0. The molecule has 0 spiro atoms. The zero-order valence-corrected chi connectivity index (χ0v) is 17.3. The number of para-hydroxylation sites is 2. The van der Waals surface area contributed by atoms with Gasteiger partial charge in [0.05, 0.1) is 24.0 Å². The number of H-pyrrole nitrogens is 1. The number of nitrogens with one attached hydrogen (secondary N) is 2. The number of aryl methyl sites for hydroxylation is 2. The lowest BCUT2D eigenvalue weighted by Gasteiger charge is -2.21. The second kappa shape index (κ2) is 9.47. The van der Waals surface area contributed by atoms with Crippen LogP contribution < -0.4 is 10.9 Å². The molecule has 0 saturated carbocycles. The minimum absolute atomic E-state index is 0.0643. The lowest BCUT2D eigenvalue weighted by Crippen LogP contribution is -2.34. The number of aromatic amines is 1. The van der Waals surface area contributed by atoms with E-state index in [4.69, 9.17) is 0 Å². The molecule has 152 valence electrons. The molecule has 1 aromatic heterocycles. The van der Waals surface area contributed by atoms with Crippen LogP contribution in [-0.4, -0.2) is 33.9 Å². The molecule has 0 saturated heterocycles. The summed E-state index contributed by atoms with van der Waals surface area (Å²) in [7, 11) is 0. The lowest BCUT2D eigenvalue weighted by molar-refractivity contribution is -0.117. The van der Waals surface area contributed by atoms with E-state index in [1.54, 1.807) is 6.07 Å². The van der Waals surface area contributed by atoms with Gasteiger partial charge in [-0.3, -0.25) is 14.5 Å². The number of anilines is 1. The van der Waals surface area contributed by atoms with E-state index >= 15 is 0 Å². The molecule has 2 N–H and O–H groups in total. The van der Waals surface area contributed by atoms with Crippen molar-refractivity contribution in [2.24, 2.45) is 0 Å². The van der Waals surface area contributed by atoms with Crippen molar-refractivity contribution in [3.8, 4) is 0 Å². The third kappa shape index (κ3) is 4.90. The normalized spacial score (nSPS) is 11.2. The number of benzene rings is 2. The van der Waals surface area contributed by atoms with Gasteiger partial charge in [0.15, 0.2) is 0 Å². The van der Waals surface area contributed by atoms with Gasteiger partial charge in [0.1, 0.15) is 5.82 Å². The first-order valence-electron chi connectivity index (χ1n) is 10.2. The molecule has 0 unspecified atom stereocenters. The quantitative estimate of drug-likeness (QED) is 0.615. The average molecular weight is 393 g/mol. The van der Waals surface area contributed by atoms with Gasteiger partial charge in [-0.25, -0.2) is 4.98 Å². The molecule has 0 fully saturated rings. The molecule has 0 atom stereocenters. The summed E-state index contributed by atoms with van der Waals surface area (Å²) < 4.78 is 0. The maximum absolute atomic E-state index is 12.7. The Morgan fingerprint density at radius 1 is 1.03 bits per heavy atom. The van der Waals surface area contributed by atoms with Gasteiger partial charge >= 0.3 is 0 Å². The number of amides is 1. The van der Waals surface area contributed by atoms with Crippen LogP contribution in [0.3, 0.4) is 0 Å². The van der Waals surface area contributed by atoms with Crippen molar-refractivity contribution in [2.45, 2.75) is 40.2 Å². The standard InChI is InChI=1S/C23H28N4O2/c1-4-16-10-9-11-17(5-2)22(16)26-21(28)15-27(6-3)14-20-24-19-13-8-7-12-18(19)23(29)25-20/h7-13H,4-6,14-15H2,1-3H3,(H,26,28)(H,24,25,29). The Kier molecular flexibility index (Phi) is 6.77. The smallest absolute Gasteiger partial charge is 0.258 e. The van der Waals surface area contributed by atoms with Crippen LogP contribution in [0.25, 0.3) is 10.9 Å². The summed E-state index contributed by atoms with van der Waals surface area (Å²) in [5, 5.41) is 3.67. The van der Waals surface area contributed by atoms with Crippen molar-refractivity contribution in [2.75, 3.05) is 18.4 Å². The zero-order valence-electron chi connectivity index (χ0n) is 17.3. The van der Waals surface area contributed by atoms with Gasteiger partial charge in [0, 0.05) is 5.69 Å². The first kappa shape index (κ1) is 20.7.